The maximum absolute atomic E-state index is 11.6. The van der Waals surface area contributed by atoms with Gasteiger partial charge in [0.05, 0.1) is 11.5 Å². The first-order chi connectivity index (χ1) is 7.49. The highest BCUT2D eigenvalue weighted by Crippen LogP contribution is 2.23. The van der Waals surface area contributed by atoms with Crippen LogP contribution in [0.5, 0.6) is 0 Å². The van der Waals surface area contributed by atoms with Gasteiger partial charge >= 0.3 is 0 Å². The molecule has 0 aromatic heterocycles. The van der Waals surface area contributed by atoms with Gasteiger partial charge in [-0.05, 0) is 31.2 Å². The minimum absolute atomic E-state index is 0.236. The Morgan fingerprint density at radius 2 is 1.88 bits per heavy atom. The number of rotatable bonds is 7. The van der Waals surface area contributed by atoms with Gasteiger partial charge in [0.25, 0.3) is 0 Å². The molecule has 4 heteroatoms. The van der Waals surface area contributed by atoms with Gasteiger partial charge in [0.2, 0.25) is 0 Å². The summed E-state index contributed by atoms with van der Waals surface area (Å²) in [6.07, 6.45) is 5.31. The van der Waals surface area contributed by atoms with E-state index in [9.17, 15) is 8.42 Å². The fourth-order valence-corrected chi connectivity index (χ4v) is 3.98. The molecule has 1 saturated carbocycles. The van der Waals surface area contributed by atoms with Gasteiger partial charge < -0.3 is 5.32 Å². The Labute approximate surface area is 99.9 Å². The van der Waals surface area contributed by atoms with Crippen molar-refractivity contribution in [2.75, 3.05) is 24.6 Å². The third-order valence-electron chi connectivity index (χ3n) is 3.08. The first-order valence-corrected chi connectivity index (χ1v) is 8.23. The molecule has 0 amide bonds. The Kier molecular flexibility index (Phi) is 5.76. The molecule has 0 aromatic rings. The predicted molar refractivity (Wildman–Crippen MR) is 68.3 cm³/mol. The molecule has 3 nitrogen and oxygen atoms in total. The Balaban J connectivity index is 2.09. The van der Waals surface area contributed by atoms with E-state index in [1.807, 2.05) is 13.8 Å². The van der Waals surface area contributed by atoms with Crippen molar-refractivity contribution in [2.24, 2.45) is 11.8 Å². The predicted octanol–water partition coefficient (Wildman–Crippen LogP) is 1.84. The molecule has 0 aliphatic heterocycles. The molecule has 0 radical (unpaired) electrons. The minimum Gasteiger partial charge on any atom is -0.315 e. The lowest BCUT2D eigenvalue weighted by Gasteiger charge is -2.11. The van der Waals surface area contributed by atoms with E-state index in [1.54, 1.807) is 0 Å². The molecule has 96 valence electrons. The first kappa shape index (κ1) is 14.0. The summed E-state index contributed by atoms with van der Waals surface area (Å²) in [6, 6.07) is 0. The highest BCUT2D eigenvalue weighted by atomic mass is 32.2. The molecular weight excluding hydrogens is 222 g/mol. The number of nitrogens with one attached hydrogen (secondary N) is 1. The van der Waals surface area contributed by atoms with Crippen LogP contribution in [-0.4, -0.2) is 33.0 Å². The Morgan fingerprint density at radius 3 is 2.44 bits per heavy atom. The zero-order valence-corrected chi connectivity index (χ0v) is 11.4. The van der Waals surface area contributed by atoms with Crippen LogP contribution in [-0.2, 0) is 9.84 Å². The third kappa shape index (κ3) is 5.85. The van der Waals surface area contributed by atoms with Crippen molar-refractivity contribution in [2.45, 2.75) is 39.5 Å². The molecule has 0 aromatic carbocycles. The van der Waals surface area contributed by atoms with Crippen LogP contribution in [0.4, 0.5) is 0 Å². The topological polar surface area (TPSA) is 46.2 Å². The quantitative estimate of drug-likeness (QED) is 0.698. The van der Waals surface area contributed by atoms with E-state index in [0.29, 0.717) is 12.3 Å². The molecule has 0 saturated heterocycles. The van der Waals surface area contributed by atoms with Gasteiger partial charge in [-0.25, -0.2) is 8.42 Å². The van der Waals surface area contributed by atoms with E-state index in [0.717, 1.165) is 12.5 Å². The summed E-state index contributed by atoms with van der Waals surface area (Å²) >= 11 is 0. The standard InChI is InChI=1S/C12H25NO2S/c1-11(2)10-16(14,15)8-7-13-9-12-5-3-4-6-12/h11-13H,3-10H2,1-2H3. The summed E-state index contributed by atoms with van der Waals surface area (Å²) < 4.78 is 23.2. The first-order valence-electron chi connectivity index (χ1n) is 6.41. The van der Waals surface area contributed by atoms with Crippen molar-refractivity contribution in [1.82, 2.24) is 5.32 Å². The van der Waals surface area contributed by atoms with Gasteiger partial charge in [0.1, 0.15) is 0 Å². The third-order valence-corrected chi connectivity index (χ3v) is 5.09. The Hall–Kier alpha value is -0.0900. The fraction of sp³-hybridized carbons (Fsp3) is 1.00. The van der Waals surface area contributed by atoms with E-state index in [2.05, 4.69) is 5.32 Å². The molecule has 0 atom stereocenters. The molecule has 1 aliphatic carbocycles. The van der Waals surface area contributed by atoms with Gasteiger partial charge in [-0.15, -0.1) is 0 Å². The summed E-state index contributed by atoms with van der Waals surface area (Å²) in [5.41, 5.74) is 0. The molecular formula is C12H25NO2S. The fourth-order valence-electron chi connectivity index (χ4n) is 2.34. The second-order valence-electron chi connectivity index (χ2n) is 5.36. The van der Waals surface area contributed by atoms with Gasteiger partial charge in [-0.1, -0.05) is 26.7 Å². The van der Waals surface area contributed by atoms with Crippen LogP contribution in [0.25, 0.3) is 0 Å². The molecule has 0 bridgehead atoms. The summed E-state index contributed by atoms with van der Waals surface area (Å²) in [4.78, 5) is 0. The lowest BCUT2D eigenvalue weighted by atomic mass is 10.1. The molecule has 1 N–H and O–H groups in total. The average molecular weight is 247 g/mol. The highest BCUT2D eigenvalue weighted by molar-refractivity contribution is 7.91. The zero-order chi connectivity index (χ0) is 12.0. The van der Waals surface area contributed by atoms with E-state index in [-0.39, 0.29) is 11.7 Å². The van der Waals surface area contributed by atoms with Crippen molar-refractivity contribution in [1.29, 1.82) is 0 Å². The van der Waals surface area contributed by atoms with Crippen molar-refractivity contribution < 1.29 is 8.42 Å². The summed E-state index contributed by atoms with van der Waals surface area (Å²) in [6.45, 7) is 5.51. The van der Waals surface area contributed by atoms with Crippen molar-refractivity contribution in [3.63, 3.8) is 0 Å². The summed E-state index contributed by atoms with van der Waals surface area (Å²) in [7, 11) is -2.84. The SMILES string of the molecule is CC(C)CS(=O)(=O)CCNCC1CCCC1. The van der Waals surface area contributed by atoms with Gasteiger partial charge in [-0.3, -0.25) is 0 Å². The number of hydrogen-bond donors (Lipinski definition) is 1. The zero-order valence-electron chi connectivity index (χ0n) is 10.5. The van der Waals surface area contributed by atoms with Crippen LogP contribution in [0.1, 0.15) is 39.5 Å². The molecule has 1 rings (SSSR count). The van der Waals surface area contributed by atoms with E-state index in [4.69, 9.17) is 0 Å². The van der Waals surface area contributed by atoms with Crippen LogP contribution >= 0.6 is 0 Å². The largest absolute Gasteiger partial charge is 0.315 e. The lowest BCUT2D eigenvalue weighted by molar-refractivity contribution is 0.496. The molecule has 1 aliphatic rings. The van der Waals surface area contributed by atoms with Crippen LogP contribution < -0.4 is 5.32 Å². The molecule has 16 heavy (non-hydrogen) atoms. The molecule has 0 heterocycles. The molecule has 0 unspecified atom stereocenters. The Bertz CT molecular complexity index is 279. The average Bonchev–Trinajstić information content (AvgIpc) is 2.62. The molecule has 1 fully saturated rings. The van der Waals surface area contributed by atoms with Crippen LogP contribution in [0, 0.1) is 11.8 Å². The smallest absolute Gasteiger partial charge is 0.151 e. The van der Waals surface area contributed by atoms with Crippen molar-refractivity contribution in [3.8, 4) is 0 Å². The van der Waals surface area contributed by atoms with Crippen molar-refractivity contribution >= 4 is 9.84 Å². The van der Waals surface area contributed by atoms with Crippen LogP contribution in [0.3, 0.4) is 0 Å². The Morgan fingerprint density at radius 1 is 1.25 bits per heavy atom. The van der Waals surface area contributed by atoms with E-state index in [1.165, 1.54) is 25.7 Å². The summed E-state index contributed by atoms with van der Waals surface area (Å²) in [5, 5.41) is 3.28. The van der Waals surface area contributed by atoms with Gasteiger partial charge in [0.15, 0.2) is 9.84 Å². The maximum atomic E-state index is 11.6. The second kappa shape index (κ2) is 6.60. The van der Waals surface area contributed by atoms with Crippen LogP contribution in [0.2, 0.25) is 0 Å². The normalized spacial score (nSPS) is 18.4. The highest BCUT2D eigenvalue weighted by Gasteiger charge is 2.15. The number of hydrogen-bond acceptors (Lipinski definition) is 3. The van der Waals surface area contributed by atoms with Gasteiger partial charge in [0, 0.05) is 6.54 Å². The monoisotopic (exact) mass is 247 g/mol. The van der Waals surface area contributed by atoms with Crippen molar-refractivity contribution in [3.05, 3.63) is 0 Å². The second-order valence-corrected chi connectivity index (χ2v) is 7.59. The maximum Gasteiger partial charge on any atom is 0.151 e. The van der Waals surface area contributed by atoms with E-state index < -0.39 is 9.84 Å². The summed E-state index contributed by atoms with van der Waals surface area (Å²) in [5.74, 6) is 1.63. The molecule has 0 spiro atoms. The number of sulfone groups is 1. The van der Waals surface area contributed by atoms with Gasteiger partial charge in [-0.2, -0.15) is 0 Å². The van der Waals surface area contributed by atoms with Crippen LogP contribution in [0.15, 0.2) is 0 Å². The lowest BCUT2D eigenvalue weighted by Crippen LogP contribution is -2.28. The van der Waals surface area contributed by atoms with E-state index >= 15 is 0 Å². The minimum atomic E-state index is -2.84.